The first-order valence-electron chi connectivity index (χ1n) is 7.63. The molecule has 3 heterocycles. The maximum atomic E-state index is 12.9. The third kappa shape index (κ3) is 3.53. The van der Waals surface area contributed by atoms with Gasteiger partial charge in [0.05, 0.1) is 10.6 Å². The summed E-state index contributed by atoms with van der Waals surface area (Å²) < 4.78 is 1.44. The molecular formula is C16H16N4O3S3. The normalized spacial score (nSPS) is 12.1. The molecule has 0 saturated carbocycles. The summed E-state index contributed by atoms with van der Waals surface area (Å²) in [5, 5.41) is 8.89. The summed E-state index contributed by atoms with van der Waals surface area (Å²) in [5.41, 5.74) is 0.733. The van der Waals surface area contributed by atoms with Crippen molar-refractivity contribution in [1.29, 1.82) is 0 Å². The SMILES string of the molecule is CNC(=O)NC(=O)[C@H](C)Sc1nc2scc(-c3cccs3)c2c(=O)n1C. The third-order valence-corrected chi connectivity index (χ3v) is 6.60. The van der Waals surface area contributed by atoms with E-state index in [2.05, 4.69) is 15.6 Å². The fourth-order valence-electron chi connectivity index (χ4n) is 2.26. The summed E-state index contributed by atoms with van der Waals surface area (Å²) in [6.07, 6.45) is 0. The molecule has 0 saturated heterocycles. The second-order valence-corrected chi connectivity index (χ2v) is 8.51. The second kappa shape index (κ2) is 7.60. The van der Waals surface area contributed by atoms with Gasteiger partial charge in [0.1, 0.15) is 4.83 Å². The van der Waals surface area contributed by atoms with E-state index in [-0.39, 0.29) is 5.56 Å². The Morgan fingerprint density at radius 2 is 2.12 bits per heavy atom. The Morgan fingerprint density at radius 1 is 1.35 bits per heavy atom. The number of imide groups is 1. The van der Waals surface area contributed by atoms with Crippen molar-refractivity contribution in [3.05, 3.63) is 33.2 Å². The summed E-state index contributed by atoms with van der Waals surface area (Å²) in [6.45, 7) is 1.66. The van der Waals surface area contributed by atoms with Gasteiger partial charge in [-0.3, -0.25) is 19.5 Å². The molecule has 7 nitrogen and oxygen atoms in total. The number of carbonyl (C=O) groups is 2. The summed E-state index contributed by atoms with van der Waals surface area (Å²) >= 11 is 4.11. The lowest BCUT2D eigenvalue weighted by Gasteiger charge is -2.12. The number of fused-ring (bicyclic) bond motifs is 1. The molecule has 0 aliphatic rings. The minimum atomic E-state index is -0.584. The van der Waals surface area contributed by atoms with Gasteiger partial charge in [-0.05, 0) is 18.4 Å². The first kappa shape index (κ1) is 18.6. The number of hydrogen-bond donors (Lipinski definition) is 2. The lowest BCUT2D eigenvalue weighted by molar-refractivity contribution is -0.119. The van der Waals surface area contributed by atoms with Crippen LogP contribution in [-0.4, -0.2) is 33.8 Å². The summed E-state index contributed by atoms with van der Waals surface area (Å²) in [7, 11) is 3.07. The topological polar surface area (TPSA) is 93.1 Å². The smallest absolute Gasteiger partial charge is 0.321 e. The highest BCUT2D eigenvalue weighted by Crippen LogP contribution is 2.34. The molecule has 0 aliphatic carbocycles. The van der Waals surface area contributed by atoms with Crippen molar-refractivity contribution in [2.75, 3.05) is 7.05 Å². The number of nitrogens with one attached hydrogen (secondary N) is 2. The number of nitrogens with zero attached hydrogens (tertiary/aromatic N) is 2. The lowest BCUT2D eigenvalue weighted by Crippen LogP contribution is -2.41. The van der Waals surface area contributed by atoms with Gasteiger partial charge in [-0.1, -0.05) is 17.8 Å². The van der Waals surface area contributed by atoms with Crippen LogP contribution in [0.4, 0.5) is 4.79 Å². The molecule has 10 heteroatoms. The zero-order valence-corrected chi connectivity index (χ0v) is 16.7. The average Bonchev–Trinajstić information content (AvgIpc) is 3.28. The maximum absolute atomic E-state index is 12.9. The van der Waals surface area contributed by atoms with E-state index in [1.165, 1.54) is 23.0 Å². The van der Waals surface area contributed by atoms with E-state index in [4.69, 9.17) is 0 Å². The Hall–Kier alpha value is -2.17. The highest BCUT2D eigenvalue weighted by molar-refractivity contribution is 8.00. The van der Waals surface area contributed by atoms with Crippen LogP contribution in [0, 0.1) is 0 Å². The number of thioether (sulfide) groups is 1. The number of amides is 3. The Labute approximate surface area is 161 Å². The molecule has 0 spiro atoms. The quantitative estimate of drug-likeness (QED) is 0.511. The monoisotopic (exact) mass is 408 g/mol. The van der Waals surface area contributed by atoms with Crippen molar-refractivity contribution in [3.8, 4) is 10.4 Å². The molecule has 3 aromatic heterocycles. The summed E-state index contributed by atoms with van der Waals surface area (Å²) in [5.74, 6) is -0.450. The van der Waals surface area contributed by atoms with Crippen LogP contribution in [-0.2, 0) is 11.8 Å². The number of hydrogen-bond acceptors (Lipinski definition) is 7. The molecule has 0 bridgehead atoms. The van der Waals surface area contributed by atoms with Gasteiger partial charge in [-0.15, -0.1) is 22.7 Å². The number of rotatable bonds is 4. The van der Waals surface area contributed by atoms with E-state index in [0.29, 0.717) is 15.4 Å². The lowest BCUT2D eigenvalue weighted by atomic mass is 10.2. The van der Waals surface area contributed by atoms with Crippen LogP contribution < -0.4 is 16.2 Å². The van der Waals surface area contributed by atoms with Crippen LogP contribution in [0.2, 0.25) is 0 Å². The van der Waals surface area contributed by atoms with Gasteiger partial charge >= 0.3 is 6.03 Å². The standard InChI is InChI=1S/C16H16N4O3S3/c1-8(12(21)18-15(23)17-2)26-16-19-13-11(14(22)20(16)3)9(7-25-13)10-5-4-6-24-10/h4-8H,1-3H3,(H2,17,18,21,23)/t8-/m0/s1. The van der Waals surface area contributed by atoms with E-state index < -0.39 is 17.2 Å². The molecule has 0 unspecified atom stereocenters. The predicted molar refractivity (Wildman–Crippen MR) is 106 cm³/mol. The fourth-order valence-corrected chi connectivity index (χ4v) is 4.94. The van der Waals surface area contributed by atoms with Crippen molar-refractivity contribution in [1.82, 2.24) is 20.2 Å². The highest BCUT2D eigenvalue weighted by Gasteiger charge is 2.21. The van der Waals surface area contributed by atoms with Crippen molar-refractivity contribution in [2.45, 2.75) is 17.3 Å². The van der Waals surface area contributed by atoms with Gasteiger partial charge in [-0.25, -0.2) is 9.78 Å². The van der Waals surface area contributed by atoms with Gasteiger partial charge < -0.3 is 5.32 Å². The molecule has 3 amide bonds. The minimum Gasteiger partial charge on any atom is -0.341 e. The van der Waals surface area contributed by atoms with Crippen molar-refractivity contribution in [2.24, 2.45) is 7.05 Å². The second-order valence-electron chi connectivity index (χ2n) is 5.39. The highest BCUT2D eigenvalue weighted by atomic mass is 32.2. The van der Waals surface area contributed by atoms with E-state index >= 15 is 0 Å². The van der Waals surface area contributed by atoms with Crippen LogP contribution >= 0.6 is 34.4 Å². The molecule has 3 rings (SSSR count). The number of carbonyl (C=O) groups excluding carboxylic acids is 2. The third-order valence-electron chi connectivity index (χ3n) is 3.68. The summed E-state index contributed by atoms with van der Waals surface area (Å²) in [4.78, 5) is 42.4. The average molecular weight is 409 g/mol. The molecule has 1 atom stereocenters. The largest absolute Gasteiger partial charge is 0.341 e. The Morgan fingerprint density at radius 3 is 2.77 bits per heavy atom. The van der Waals surface area contributed by atoms with Crippen LogP contribution in [0.3, 0.4) is 0 Å². The number of aromatic nitrogens is 2. The number of thiophene rings is 2. The predicted octanol–water partition coefficient (Wildman–Crippen LogP) is 2.66. The number of urea groups is 1. The first-order chi connectivity index (χ1) is 12.4. The molecular weight excluding hydrogens is 392 g/mol. The van der Waals surface area contributed by atoms with Crippen LogP contribution in [0.15, 0.2) is 32.8 Å². The zero-order chi connectivity index (χ0) is 18.8. The van der Waals surface area contributed by atoms with Gasteiger partial charge in [0.25, 0.3) is 5.56 Å². The molecule has 136 valence electrons. The van der Waals surface area contributed by atoms with Crippen molar-refractivity contribution < 1.29 is 9.59 Å². The molecule has 2 N–H and O–H groups in total. The van der Waals surface area contributed by atoms with E-state index in [0.717, 1.165) is 22.2 Å². The Bertz CT molecular complexity index is 1020. The Balaban J connectivity index is 1.94. The molecule has 0 fully saturated rings. The fraction of sp³-hybridized carbons (Fsp3) is 0.250. The Kier molecular flexibility index (Phi) is 5.44. The molecule has 26 heavy (non-hydrogen) atoms. The minimum absolute atomic E-state index is 0.152. The maximum Gasteiger partial charge on any atom is 0.321 e. The van der Waals surface area contributed by atoms with E-state index in [1.54, 1.807) is 25.3 Å². The molecule has 0 radical (unpaired) electrons. The van der Waals surface area contributed by atoms with Crippen molar-refractivity contribution >= 4 is 56.6 Å². The van der Waals surface area contributed by atoms with Gasteiger partial charge in [0.15, 0.2) is 5.16 Å². The van der Waals surface area contributed by atoms with Crippen LogP contribution in [0.1, 0.15) is 6.92 Å². The van der Waals surface area contributed by atoms with Crippen LogP contribution in [0.25, 0.3) is 20.7 Å². The van der Waals surface area contributed by atoms with Gasteiger partial charge in [0.2, 0.25) is 5.91 Å². The first-order valence-corrected chi connectivity index (χ1v) is 10.3. The zero-order valence-electron chi connectivity index (χ0n) is 14.2. The van der Waals surface area contributed by atoms with E-state index in [1.807, 2.05) is 22.9 Å². The van der Waals surface area contributed by atoms with Gasteiger partial charge in [0, 0.05) is 29.9 Å². The molecule has 0 aliphatic heterocycles. The molecule has 3 aromatic rings. The van der Waals surface area contributed by atoms with E-state index in [9.17, 15) is 14.4 Å². The summed E-state index contributed by atoms with van der Waals surface area (Å²) in [6, 6.07) is 3.34. The molecule has 0 aromatic carbocycles. The van der Waals surface area contributed by atoms with Gasteiger partial charge in [-0.2, -0.15) is 0 Å². The van der Waals surface area contributed by atoms with Crippen LogP contribution in [0.5, 0.6) is 0 Å². The van der Waals surface area contributed by atoms with Crippen molar-refractivity contribution in [3.63, 3.8) is 0 Å².